The second-order valence-electron chi connectivity index (χ2n) is 8.87. The van der Waals surface area contributed by atoms with Gasteiger partial charge in [0, 0.05) is 12.0 Å². The summed E-state index contributed by atoms with van der Waals surface area (Å²) in [7, 11) is 0. The summed E-state index contributed by atoms with van der Waals surface area (Å²) in [4.78, 5) is 36.5. The summed E-state index contributed by atoms with van der Waals surface area (Å²) in [6, 6.07) is 14.8. The van der Waals surface area contributed by atoms with Gasteiger partial charge in [-0.2, -0.15) is 0 Å². The van der Waals surface area contributed by atoms with Crippen LogP contribution in [0.1, 0.15) is 50.2 Å². The Hall–Kier alpha value is -3.35. The van der Waals surface area contributed by atoms with E-state index >= 15 is 0 Å². The van der Waals surface area contributed by atoms with Crippen molar-refractivity contribution in [1.29, 1.82) is 0 Å². The van der Waals surface area contributed by atoms with Gasteiger partial charge in [-0.25, -0.2) is 4.79 Å². The average molecular weight is 437 g/mol. The summed E-state index contributed by atoms with van der Waals surface area (Å²) < 4.78 is 5.62. The van der Waals surface area contributed by atoms with Crippen LogP contribution in [0, 0.1) is 5.41 Å². The SMILES string of the molecule is CC(NC(=O)C1(C)CCCC1NC(=O)OCC1c2ccccc2-c2ccccc21)C(=O)O. The number of aliphatic carboxylic acids is 1. The van der Waals surface area contributed by atoms with E-state index in [9.17, 15) is 14.4 Å². The normalized spacial score (nSPS) is 22.5. The van der Waals surface area contributed by atoms with E-state index in [0.717, 1.165) is 28.7 Å². The quantitative estimate of drug-likeness (QED) is 0.641. The number of nitrogens with one attached hydrogen (secondary N) is 2. The summed E-state index contributed by atoms with van der Waals surface area (Å²) in [6.07, 6.45) is 1.40. The number of benzene rings is 2. The zero-order valence-electron chi connectivity index (χ0n) is 18.3. The molecule has 32 heavy (non-hydrogen) atoms. The fourth-order valence-electron chi connectivity index (χ4n) is 4.88. The van der Waals surface area contributed by atoms with Crippen molar-refractivity contribution < 1.29 is 24.2 Å². The molecule has 7 heteroatoms. The second-order valence-corrected chi connectivity index (χ2v) is 8.87. The number of carbonyl (C=O) groups is 3. The maximum absolute atomic E-state index is 12.7. The Morgan fingerprint density at radius 3 is 2.28 bits per heavy atom. The zero-order chi connectivity index (χ0) is 22.9. The Bertz CT molecular complexity index is 1010. The molecule has 0 heterocycles. The van der Waals surface area contributed by atoms with Crippen LogP contribution in [0.3, 0.4) is 0 Å². The molecule has 0 spiro atoms. The van der Waals surface area contributed by atoms with Crippen LogP contribution in [-0.4, -0.2) is 41.8 Å². The average Bonchev–Trinajstić information content (AvgIpc) is 3.31. The molecule has 0 bridgehead atoms. The molecule has 2 aliphatic carbocycles. The number of ether oxygens (including phenoxy) is 1. The van der Waals surface area contributed by atoms with Crippen LogP contribution < -0.4 is 10.6 Å². The minimum atomic E-state index is -1.10. The van der Waals surface area contributed by atoms with E-state index in [-0.39, 0.29) is 18.4 Å². The number of amides is 2. The molecule has 2 aromatic carbocycles. The highest BCUT2D eigenvalue weighted by Crippen LogP contribution is 2.44. The van der Waals surface area contributed by atoms with Crippen LogP contribution in [0.2, 0.25) is 0 Å². The number of rotatable bonds is 6. The zero-order valence-corrected chi connectivity index (χ0v) is 18.3. The summed E-state index contributed by atoms with van der Waals surface area (Å²) in [5, 5.41) is 14.5. The first-order chi connectivity index (χ1) is 15.3. The number of fused-ring (bicyclic) bond motifs is 3. The van der Waals surface area contributed by atoms with Gasteiger partial charge in [0.25, 0.3) is 0 Å². The van der Waals surface area contributed by atoms with E-state index in [4.69, 9.17) is 9.84 Å². The molecule has 2 amide bonds. The van der Waals surface area contributed by atoms with Gasteiger partial charge >= 0.3 is 12.1 Å². The molecular weight excluding hydrogens is 408 g/mol. The van der Waals surface area contributed by atoms with Gasteiger partial charge in [-0.1, -0.05) is 55.0 Å². The fraction of sp³-hybridized carbons (Fsp3) is 0.400. The molecule has 3 N–H and O–H groups in total. The molecule has 0 radical (unpaired) electrons. The van der Waals surface area contributed by atoms with Crippen molar-refractivity contribution >= 4 is 18.0 Å². The number of alkyl carbamates (subject to hydrolysis) is 1. The topological polar surface area (TPSA) is 105 Å². The van der Waals surface area contributed by atoms with E-state index in [1.54, 1.807) is 6.92 Å². The van der Waals surface area contributed by atoms with Crippen molar-refractivity contribution in [3.05, 3.63) is 59.7 Å². The third kappa shape index (κ3) is 3.95. The fourth-order valence-corrected chi connectivity index (χ4v) is 4.88. The molecule has 3 atom stereocenters. The molecule has 4 rings (SSSR count). The minimum Gasteiger partial charge on any atom is -0.480 e. The van der Waals surface area contributed by atoms with Crippen LogP contribution >= 0.6 is 0 Å². The Labute approximate surface area is 187 Å². The molecule has 0 aromatic heterocycles. The Morgan fingerprint density at radius 1 is 1.09 bits per heavy atom. The highest BCUT2D eigenvalue weighted by atomic mass is 16.5. The van der Waals surface area contributed by atoms with Gasteiger partial charge in [0.1, 0.15) is 12.6 Å². The monoisotopic (exact) mass is 436 g/mol. The highest BCUT2D eigenvalue weighted by Gasteiger charge is 2.46. The lowest BCUT2D eigenvalue weighted by atomic mass is 9.83. The Balaban J connectivity index is 1.41. The second kappa shape index (κ2) is 8.65. The van der Waals surface area contributed by atoms with Crippen molar-refractivity contribution in [3.8, 4) is 11.1 Å². The summed E-state index contributed by atoms with van der Waals surface area (Å²) >= 11 is 0. The molecule has 7 nitrogen and oxygen atoms in total. The Morgan fingerprint density at radius 2 is 1.69 bits per heavy atom. The van der Waals surface area contributed by atoms with Crippen LogP contribution in [0.15, 0.2) is 48.5 Å². The maximum Gasteiger partial charge on any atom is 0.407 e. The number of carboxylic acid groups (broad SMARTS) is 1. The number of carboxylic acids is 1. The number of carbonyl (C=O) groups excluding carboxylic acids is 2. The van der Waals surface area contributed by atoms with Crippen LogP contribution in [0.5, 0.6) is 0 Å². The maximum atomic E-state index is 12.7. The van der Waals surface area contributed by atoms with E-state index in [2.05, 4.69) is 34.9 Å². The van der Waals surface area contributed by atoms with Gasteiger partial charge < -0.3 is 20.5 Å². The molecule has 2 aliphatic rings. The molecule has 0 saturated heterocycles. The van der Waals surface area contributed by atoms with Gasteiger partial charge in [-0.05, 0) is 48.9 Å². The third-order valence-corrected chi connectivity index (χ3v) is 6.83. The van der Waals surface area contributed by atoms with Gasteiger partial charge in [-0.15, -0.1) is 0 Å². The first kappa shape index (κ1) is 21.9. The first-order valence-corrected chi connectivity index (χ1v) is 11.0. The molecule has 3 unspecified atom stereocenters. The standard InChI is InChI=1S/C25H28N2O5/c1-15(22(28)29)26-23(30)25(2)13-7-12-21(25)27-24(31)32-14-20-18-10-5-3-8-16(18)17-9-4-6-11-19(17)20/h3-6,8-11,15,20-21H,7,12-14H2,1-2H3,(H,26,30)(H,27,31)(H,28,29). The predicted molar refractivity (Wildman–Crippen MR) is 119 cm³/mol. The highest BCUT2D eigenvalue weighted by molar-refractivity contribution is 5.88. The van der Waals surface area contributed by atoms with Crippen molar-refractivity contribution in [2.24, 2.45) is 5.41 Å². The van der Waals surface area contributed by atoms with Crippen molar-refractivity contribution in [1.82, 2.24) is 10.6 Å². The smallest absolute Gasteiger partial charge is 0.407 e. The summed E-state index contributed by atoms with van der Waals surface area (Å²) in [5.74, 6) is -1.50. The molecule has 1 saturated carbocycles. The third-order valence-electron chi connectivity index (χ3n) is 6.83. The molecular formula is C25H28N2O5. The first-order valence-electron chi connectivity index (χ1n) is 11.0. The van der Waals surface area contributed by atoms with Crippen LogP contribution in [0.4, 0.5) is 4.79 Å². The molecule has 1 fully saturated rings. The van der Waals surface area contributed by atoms with E-state index in [1.165, 1.54) is 6.92 Å². The van der Waals surface area contributed by atoms with Gasteiger partial charge in [0.05, 0.1) is 5.41 Å². The van der Waals surface area contributed by atoms with Gasteiger partial charge in [-0.3, -0.25) is 9.59 Å². The lowest BCUT2D eigenvalue weighted by Crippen LogP contribution is -2.53. The lowest BCUT2D eigenvalue weighted by Gasteiger charge is -2.31. The lowest BCUT2D eigenvalue weighted by molar-refractivity contribution is -0.143. The minimum absolute atomic E-state index is 0.0390. The van der Waals surface area contributed by atoms with E-state index < -0.39 is 29.6 Å². The summed E-state index contributed by atoms with van der Waals surface area (Å²) in [5.41, 5.74) is 3.70. The van der Waals surface area contributed by atoms with E-state index in [1.807, 2.05) is 24.3 Å². The van der Waals surface area contributed by atoms with Crippen molar-refractivity contribution in [2.75, 3.05) is 6.61 Å². The van der Waals surface area contributed by atoms with E-state index in [0.29, 0.717) is 12.8 Å². The van der Waals surface area contributed by atoms with Crippen LogP contribution in [-0.2, 0) is 14.3 Å². The van der Waals surface area contributed by atoms with Crippen molar-refractivity contribution in [3.63, 3.8) is 0 Å². The number of hydrogen-bond donors (Lipinski definition) is 3. The Kier molecular flexibility index (Phi) is 5.91. The van der Waals surface area contributed by atoms with Crippen LogP contribution in [0.25, 0.3) is 11.1 Å². The largest absolute Gasteiger partial charge is 0.480 e. The predicted octanol–water partition coefficient (Wildman–Crippen LogP) is 3.67. The van der Waals surface area contributed by atoms with Crippen molar-refractivity contribution in [2.45, 2.75) is 51.1 Å². The molecule has 2 aromatic rings. The van der Waals surface area contributed by atoms with Gasteiger partial charge in [0.2, 0.25) is 5.91 Å². The van der Waals surface area contributed by atoms with Gasteiger partial charge in [0.15, 0.2) is 0 Å². The molecule has 168 valence electrons. The summed E-state index contributed by atoms with van der Waals surface area (Å²) in [6.45, 7) is 3.39. The number of hydrogen-bond acceptors (Lipinski definition) is 4. The molecule has 0 aliphatic heterocycles.